The quantitative estimate of drug-likeness (QED) is 0.308. The van der Waals surface area contributed by atoms with E-state index in [1.165, 1.54) is 19.2 Å². The summed E-state index contributed by atoms with van der Waals surface area (Å²) in [5, 5.41) is 6.50. The number of nitrogens with one attached hydrogen (secondary N) is 2. The zero-order valence-corrected chi connectivity index (χ0v) is 23.9. The van der Waals surface area contributed by atoms with Crippen LogP contribution in [0.4, 0.5) is 10.5 Å². The van der Waals surface area contributed by atoms with Crippen LogP contribution in [0.3, 0.4) is 0 Å². The minimum Gasteiger partial charge on any atom is -0.493 e. The maximum Gasteiger partial charge on any atom is 0.319 e. The Balaban J connectivity index is 1.21. The maximum absolute atomic E-state index is 12.0. The highest BCUT2D eigenvalue weighted by atomic mass is 35.5. The number of carbonyl (C=O) groups is 1. The van der Waals surface area contributed by atoms with Crippen molar-refractivity contribution in [3.8, 4) is 23.1 Å². The van der Waals surface area contributed by atoms with Gasteiger partial charge in [-0.1, -0.05) is 11.6 Å². The van der Waals surface area contributed by atoms with E-state index in [0.29, 0.717) is 56.8 Å². The van der Waals surface area contributed by atoms with Gasteiger partial charge >= 0.3 is 6.03 Å². The Bertz CT molecular complexity index is 1340. The topological polar surface area (TPSA) is 107 Å². The molecule has 2 saturated heterocycles. The van der Waals surface area contributed by atoms with Crippen molar-refractivity contribution in [2.24, 2.45) is 5.41 Å². The van der Waals surface area contributed by atoms with Gasteiger partial charge < -0.3 is 34.5 Å². The molecule has 2 fully saturated rings. The number of aromatic nitrogens is 2. The molecule has 1 aromatic heterocycles. The van der Waals surface area contributed by atoms with Crippen LogP contribution in [-0.4, -0.2) is 73.5 Å². The number of benzene rings is 2. The summed E-state index contributed by atoms with van der Waals surface area (Å²) in [5.41, 5.74) is 1.59. The molecule has 0 bridgehead atoms. The number of hydrogen-bond acceptors (Lipinski definition) is 8. The first-order valence-corrected chi connectivity index (χ1v) is 14.0. The molecule has 10 nitrogen and oxygen atoms in total. The van der Waals surface area contributed by atoms with Gasteiger partial charge in [-0.3, -0.25) is 0 Å². The lowest BCUT2D eigenvalue weighted by atomic mass is 9.77. The van der Waals surface area contributed by atoms with Crippen LogP contribution in [0.2, 0.25) is 5.02 Å². The van der Waals surface area contributed by atoms with Crippen molar-refractivity contribution in [1.29, 1.82) is 0 Å². The summed E-state index contributed by atoms with van der Waals surface area (Å²) in [5.74, 6) is 2.02. The van der Waals surface area contributed by atoms with Gasteiger partial charge in [0, 0.05) is 30.1 Å². The van der Waals surface area contributed by atoms with Gasteiger partial charge in [0.05, 0.1) is 48.5 Å². The summed E-state index contributed by atoms with van der Waals surface area (Å²) in [4.78, 5) is 23.3. The zero-order chi connectivity index (χ0) is 28.1. The fourth-order valence-electron chi connectivity index (χ4n) is 4.99. The Hall–Kier alpha value is -3.34. The predicted octanol–water partition coefficient (Wildman–Crippen LogP) is 5.50. The van der Waals surface area contributed by atoms with Crippen molar-refractivity contribution in [1.82, 2.24) is 20.2 Å². The second-order valence-electron chi connectivity index (χ2n) is 10.7. The normalized spacial score (nSPS) is 16.5. The smallest absolute Gasteiger partial charge is 0.319 e. The number of ether oxygens (including phenoxy) is 4. The first-order chi connectivity index (χ1) is 19.3. The van der Waals surface area contributed by atoms with Gasteiger partial charge in [0.15, 0.2) is 11.5 Å². The van der Waals surface area contributed by atoms with Crippen molar-refractivity contribution in [2.45, 2.75) is 39.2 Å². The Morgan fingerprint density at radius 3 is 2.62 bits per heavy atom. The molecule has 3 heterocycles. The molecule has 0 saturated carbocycles. The average Bonchev–Trinajstić information content (AvgIpc) is 2.91. The predicted molar refractivity (Wildman–Crippen MR) is 154 cm³/mol. The van der Waals surface area contributed by atoms with Crippen molar-refractivity contribution in [3.05, 3.63) is 41.7 Å². The first-order valence-electron chi connectivity index (χ1n) is 13.6. The second-order valence-corrected chi connectivity index (χ2v) is 11.1. The van der Waals surface area contributed by atoms with Gasteiger partial charge in [-0.15, -0.1) is 0 Å². The summed E-state index contributed by atoms with van der Waals surface area (Å²) >= 11 is 6.39. The molecule has 40 heavy (non-hydrogen) atoms. The maximum atomic E-state index is 12.0. The number of nitrogens with zero attached hydrogens (tertiary/aromatic N) is 3. The third-order valence-corrected chi connectivity index (χ3v) is 7.63. The SMILES string of the molecule is COc1cc2c(Oc3ccc(NC(=O)NC(C)C)c(Cl)c3)ncnc2cc1OCCCN1CCC2(CC1)COC2. The van der Waals surface area contributed by atoms with Crippen LogP contribution in [0.25, 0.3) is 10.9 Å². The van der Waals surface area contributed by atoms with E-state index in [1.807, 2.05) is 26.0 Å². The summed E-state index contributed by atoms with van der Waals surface area (Å²) in [6.45, 7) is 9.45. The molecule has 2 aromatic carbocycles. The molecular weight excluding hydrogens is 534 g/mol. The Labute approximate surface area is 239 Å². The number of anilines is 1. The van der Waals surface area contributed by atoms with Crippen molar-refractivity contribution in [2.75, 3.05) is 51.9 Å². The van der Waals surface area contributed by atoms with E-state index in [2.05, 4.69) is 25.5 Å². The van der Waals surface area contributed by atoms with E-state index in [0.717, 1.165) is 39.3 Å². The molecule has 0 atom stereocenters. The Morgan fingerprint density at radius 1 is 1.15 bits per heavy atom. The van der Waals surface area contributed by atoms with E-state index in [9.17, 15) is 4.79 Å². The number of halogens is 1. The van der Waals surface area contributed by atoms with E-state index < -0.39 is 0 Å². The van der Waals surface area contributed by atoms with Gasteiger partial charge in [-0.05, 0) is 64.4 Å². The molecule has 2 amide bonds. The van der Waals surface area contributed by atoms with Crippen LogP contribution in [0.1, 0.15) is 33.1 Å². The second kappa shape index (κ2) is 12.4. The summed E-state index contributed by atoms with van der Waals surface area (Å²) in [6, 6.07) is 8.35. The number of rotatable bonds is 10. The molecule has 1 spiro atoms. The fraction of sp³-hybridized carbons (Fsp3) is 0.483. The monoisotopic (exact) mass is 569 g/mol. The Kier molecular flexibility index (Phi) is 8.78. The molecule has 11 heteroatoms. The highest BCUT2D eigenvalue weighted by Gasteiger charge is 2.40. The molecule has 2 aliphatic heterocycles. The van der Waals surface area contributed by atoms with Gasteiger partial charge in [-0.2, -0.15) is 0 Å². The number of carbonyl (C=O) groups excluding carboxylic acids is 1. The lowest BCUT2D eigenvalue weighted by Crippen LogP contribution is -2.51. The molecule has 0 unspecified atom stereocenters. The number of piperidine rings is 1. The number of urea groups is 1. The molecule has 0 radical (unpaired) electrons. The van der Waals surface area contributed by atoms with Crippen LogP contribution in [0, 0.1) is 5.41 Å². The highest BCUT2D eigenvalue weighted by molar-refractivity contribution is 6.33. The van der Waals surface area contributed by atoms with Gasteiger partial charge in [-0.25, -0.2) is 14.8 Å². The summed E-state index contributed by atoms with van der Waals surface area (Å²) in [7, 11) is 1.60. The first kappa shape index (κ1) is 28.2. The van der Waals surface area contributed by atoms with E-state index in [1.54, 1.807) is 25.3 Å². The lowest BCUT2D eigenvalue weighted by molar-refractivity contribution is -0.139. The molecule has 3 aromatic rings. The van der Waals surface area contributed by atoms with Crippen LogP contribution in [0.5, 0.6) is 23.1 Å². The van der Waals surface area contributed by atoms with Gasteiger partial charge in [0.2, 0.25) is 5.88 Å². The molecule has 0 aliphatic carbocycles. The summed E-state index contributed by atoms with van der Waals surface area (Å²) < 4.78 is 23.2. The highest BCUT2D eigenvalue weighted by Crippen LogP contribution is 2.39. The average molecular weight is 570 g/mol. The lowest BCUT2D eigenvalue weighted by Gasteiger charge is -2.47. The van der Waals surface area contributed by atoms with Crippen molar-refractivity contribution >= 4 is 34.2 Å². The zero-order valence-electron chi connectivity index (χ0n) is 23.2. The van der Waals surface area contributed by atoms with Crippen LogP contribution < -0.4 is 24.8 Å². The third-order valence-electron chi connectivity index (χ3n) is 7.32. The molecule has 2 aliphatic rings. The van der Waals surface area contributed by atoms with E-state index in [4.69, 9.17) is 30.5 Å². The number of hydrogen-bond donors (Lipinski definition) is 2. The fourth-order valence-corrected chi connectivity index (χ4v) is 5.21. The third kappa shape index (κ3) is 6.68. The van der Waals surface area contributed by atoms with Crippen LogP contribution >= 0.6 is 11.6 Å². The molecule has 214 valence electrons. The number of amides is 2. The van der Waals surface area contributed by atoms with E-state index in [-0.39, 0.29) is 12.1 Å². The molecule has 5 rings (SSSR count). The minimum atomic E-state index is -0.332. The largest absolute Gasteiger partial charge is 0.493 e. The standard InChI is InChI=1S/C29H36ClN5O5/c1-19(2)33-28(36)34-23-6-5-20(13-22(23)30)40-27-21-14-25(37-3)26(15-24(21)31-18-32-27)39-12-4-9-35-10-7-29(8-11-35)16-38-17-29/h5-6,13-15,18-19H,4,7-12,16-17H2,1-3H3,(H2,33,34,36). The van der Waals surface area contributed by atoms with Crippen molar-refractivity contribution in [3.63, 3.8) is 0 Å². The number of methoxy groups -OCH3 is 1. The minimum absolute atomic E-state index is 0.00528. The van der Waals surface area contributed by atoms with Crippen LogP contribution in [0.15, 0.2) is 36.7 Å². The van der Waals surface area contributed by atoms with Crippen LogP contribution in [-0.2, 0) is 4.74 Å². The molecule has 2 N–H and O–H groups in total. The van der Waals surface area contributed by atoms with E-state index >= 15 is 0 Å². The Morgan fingerprint density at radius 2 is 1.95 bits per heavy atom. The number of likely N-dealkylation sites (tertiary alicyclic amines) is 1. The number of fused-ring (bicyclic) bond motifs is 1. The molecular formula is C29H36ClN5O5. The van der Waals surface area contributed by atoms with Crippen molar-refractivity contribution < 1.29 is 23.7 Å². The van der Waals surface area contributed by atoms with Gasteiger partial charge in [0.1, 0.15) is 12.1 Å². The van der Waals surface area contributed by atoms with Gasteiger partial charge in [0.25, 0.3) is 0 Å². The summed E-state index contributed by atoms with van der Waals surface area (Å²) in [6.07, 6.45) is 4.81.